The van der Waals surface area contributed by atoms with Gasteiger partial charge in [0, 0.05) is 5.02 Å². The average Bonchev–Trinajstić information content (AvgIpc) is 2.82. The number of thiophene rings is 1. The van der Waals surface area contributed by atoms with Crippen molar-refractivity contribution in [1.29, 1.82) is 0 Å². The van der Waals surface area contributed by atoms with Crippen LogP contribution in [0.2, 0.25) is 5.02 Å². The Hall–Kier alpha value is -1.72. The number of nitrogen functional groups attached to an aromatic ring is 1. The number of rotatable bonds is 3. The van der Waals surface area contributed by atoms with E-state index in [-0.39, 0.29) is 5.91 Å². The molecule has 0 unspecified atom stereocenters. The predicted molar refractivity (Wildman–Crippen MR) is 74.7 cm³/mol. The highest BCUT2D eigenvalue weighted by molar-refractivity contribution is 7.12. The topological polar surface area (TPSA) is 64.3 Å². The fraction of sp³-hybridized carbons (Fsp3) is 0.0833. The standard InChI is InChI=1S/C12H11ClN2O2S/c1-17-10-4-5-18-11(10)12(16)15-9-6-7(13)2-3-8(9)14/h2-6H,14H2,1H3,(H,15,16). The minimum absolute atomic E-state index is 0.268. The van der Waals surface area contributed by atoms with Crippen LogP contribution in [0.15, 0.2) is 29.6 Å². The lowest BCUT2D eigenvalue weighted by molar-refractivity contribution is 0.102. The van der Waals surface area contributed by atoms with Crippen LogP contribution in [-0.2, 0) is 0 Å². The number of halogens is 1. The summed E-state index contributed by atoms with van der Waals surface area (Å²) in [6.45, 7) is 0. The molecule has 1 aromatic heterocycles. The molecular formula is C12H11ClN2O2S. The second-order valence-corrected chi connectivity index (χ2v) is 4.86. The van der Waals surface area contributed by atoms with Crippen LogP contribution in [0.25, 0.3) is 0 Å². The van der Waals surface area contributed by atoms with E-state index in [4.69, 9.17) is 22.1 Å². The van der Waals surface area contributed by atoms with E-state index in [2.05, 4.69) is 5.32 Å². The molecular weight excluding hydrogens is 272 g/mol. The van der Waals surface area contributed by atoms with E-state index < -0.39 is 0 Å². The maximum atomic E-state index is 12.0. The van der Waals surface area contributed by atoms with Crippen LogP contribution in [-0.4, -0.2) is 13.0 Å². The molecule has 0 aliphatic carbocycles. The smallest absolute Gasteiger partial charge is 0.269 e. The van der Waals surface area contributed by atoms with Gasteiger partial charge < -0.3 is 15.8 Å². The van der Waals surface area contributed by atoms with Crippen molar-refractivity contribution < 1.29 is 9.53 Å². The van der Waals surface area contributed by atoms with Crippen LogP contribution in [0.4, 0.5) is 11.4 Å². The van der Waals surface area contributed by atoms with Gasteiger partial charge in [-0.25, -0.2) is 0 Å². The number of carbonyl (C=O) groups is 1. The van der Waals surface area contributed by atoms with Gasteiger partial charge in [-0.2, -0.15) is 0 Å². The first-order valence-corrected chi connectivity index (χ1v) is 6.35. The van der Waals surface area contributed by atoms with Crippen molar-refractivity contribution in [3.63, 3.8) is 0 Å². The zero-order valence-corrected chi connectivity index (χ0v) is 11.1. The second-order valence-electron chi connectivity index (χ2n) is 3.50. The molecule has 0 atom stereocenters. The highest BCUT2D eigenvalue weighted by Gasteiger charge is 2.15. The van der Waals surface area contributed by atoms with Gasteiger partial charge in [-0.15, -0.1) is 11.3 Å². The summed E-state index contributed by atoms with van der Waals surface area (Å²) < 4.78 is 5.09. The van der Waals surface area contributed by atoms with Gasteiger partial charge >= 0.3 is 0 Å². The van der Waals surface area contributed by atoms with E-state index in [1.807, 2.05) is 0 Å². The summed E-state index contributed by atoms with van der Waals surface area (Å²) in [7, 11) is 1.52. The molecule has 0 saturated carbocycles. The number of ether oxygens (including phenoxy) is 1. The number of amides is 1. The van der Waals surface area contributed by atoms with Crippen molar-refractivity contribution in [2.45, 2.75) is 0 Å². The van der Waals surface area contributed by atoms with Crippen LogP contribution in [0.5, 0.6) is 5.75 Å². The third kappa shape index (κ3) is 2.57. The molecule has 1 heterocycles. The Balaban J connectivity index is 2.24. The number of nitrogens with two attached hydrogens (primary N) is 1. The summed E-state index contributed by atoms with van der Waals surface area (Å²) in [6, 6.07) is 6.65. The molecule has 1 aromatic carbocycles. The number of carbonyl (C=O) groups excluding carboxylic acids is 1. The molecule has 0 spiro atoms. The number of hydrogen-bond donors (Lipinski definition) is 2. The summed E-state index contributed by atoms with van der Waals surface area (Å²) in [4.78, 5) is 12.5. The second kappa shape index (κ2) is 5.29. The predicted octanol–water partition coefficient (Wildman–Crippen LogP) is 3.24. The lowest BCUT2D eigenvalue weighted by Gasteiger charge is -2.08. The van der Waals surface area contributed by atoms with Crippen molar-refractivity contribution in [3.8, 4) is 5.75 Å². The van der Waals surface area contributed by atoms with Crippen LogP contribution in [0.3, 0.4) is 0 Å². The van der Waals surface area contributed by atoms with Crippen LogP contribution >= 0.6 is 22.9 Å². The molecule has 6 heteroatoms. The van der Waals surface area contributed by atoms with Gasteiger partial charge in [0.05, 0.1) is 18.5 Å². The van der Waals surface area contributed by atoms with Gasteiger partial charge in [0.25, 0.3) is 5.91 Å². The van der Waals surface area contributed by atoms with Crippen molar-refractivity contribution in [2.24, 2.45) is 0 Å². The average molecular weight is 283 g/mol. The Morgan fingerprint density at radius 1 is 1.44 bits per heavy atom. The third-order valence-corrected chi connectivity index (χ3v) is 3.45. The maximum Gasteiger partial charge on any atom is 0.269 e. The molecule has 3 N–H and O–H groups in total. The normalized spacial score (nSPS) is 10.1. The first kappa shape index (κ1) is 12.7. The van der Waals surface area contributed by atoms with Gasteiger partial charge in [0.2, 0.25) is 0 Å². The SMILES string of the molecule is COc1ccsc1C(=O)Nc1cc(Cl)ccc1N. The van der Waals surface area contributed by atoms with E-state index in [1.54, 1.807) is 29.6 Å². The minimum Gasteiger partial charge on any atom is -0.495 e. The molecule has 4 nitrogen and oxygen atoms in total. The number of benzene rings is 1. The monoisotopic (exact) mass is 282 g/mol. The van der Waals surface area contributed by atoms with Gasteiger partial charge in [-0.3, -0.25) is 4.79 Å². The molecule has 0 fully saturated rings. The molecule has 0 bridgehead atoms. The van der Waals surface area contributed by atoms with Crippen molar-refractivity contribution in [3.05, 3.63) is 39.5 Å². The summed E-state index contributed by atoms with van der Waals surface area (Å²) in [5.41, 5.74) is 6.71. The molecule has 0 radical (unpaired) electrons. The van der Waals surface area contributed by atoms with E-state index in [9.17, 15) is 4.79 Å². The van der Waals surface area contributed by atoms with Crippen molar-refractivity contribution >= 4 is 40.2 Å². The molecule has 1 amide bonds. The van der Waals surface area contributed by atoms with Crippen LogP contribution in [0.1, 0.15) is 9.67 Å². The lowest BCUT2D eigenvalue weighted by Crippen LogP contribution is -2.12. The van der Waals surface area contributed by atoms with E-state index >= 15 is 0 Å². The van der Waals surface area contributed by atoms with Crippen molar-refractivity contribution in [1.82, 2.24) is 0 Å². The van der Waals surface area contributed by atoms with Gasteiger partial charge in [0.1, 0.15) is 10.6 Å². The molecule has 2 aromatic rings. The van der Waals surface area contributed by atoms with Crippen molar-refractivity contribution in [2.75, 3.05) is 18.2 Å². The highest BCUT2D eigenvalue weighted by atomic mass is 35.5. The molecule has 18 heavy (non-hydrogen) atoms. The number of anilines is 2. The zero-order chi connectivity index (χ0) is 13.1. The Morgan fingerprint density at radius 2 is 2.22 bits per heavy atom. The van der Waals surface area contributed by atoms with Gasteiger partial charge in [-0.1, -0.05) is 11.6 Å². The Bertz CT molecular complexity index is 583. The Morgan fingerprint density at radius 3 is 2.94 bits per heavy atom. The van der Waals surface area contributed by atoms with Gasteiger partial charge in [0.15, 0.2) is 0 Å². The summed E-state index contributed by atoms with van der Waals surface area (Å²) >= 11 is 7.16. The molecule has 0 saturated heterocycles. The maximum absolute atomic E-state index is 12.0. The first-order valence-electron chi connectivity index (χ1n) is 5.09. The number of nitrogens with one attached hydrogen (secondary N) is 1. The minimum atomic E-state index is -0.268. The Labute approximate surface area is 113 Å². The quantitative estimate of drug-likeness (QED) is 0.850. The van der Waals surface area contributed by atoms with E-state index in [1.165, 1.54) is 18.4 Å². The molecule has 2 rings (SSSR count). The number of hydrogen-bond acceptors (Lipinski definition) is 4. The zero-order valence-electron chi connectivity index (χ0n) is 9.57. The Kier molecular flexibility index (Phi) is 3.74. The van der Waals surface area contributed by atoms with E-state index in [0.717, 1.165) is 0 Å². The molecule has 0 aliphatic rings. The first-order chi connectivity index (χ1) is 8.61. The fourth-order valence-corrected chi connectivity index (χ4v) is 2.37. The third-order valence-electron chi connectivity index (χ3n) is 2.32. The lowest BCUT2D eigenvalue weighted by atomic mass is 10.2. The largest absolute Gasteiger partial charge is 0.495 e. The summed E-state index contributed by atoms with van der Waals surface area (Å²) in [5, 5.41) is 5.01. The number of methoxy groups -OCH3 is 1. The van der Waals surface area contributed by atoms with Crippen LogP contribution < -0.4 is 15.8 Å². The fourth-order valence-electron chi connectivity index (χ4n) is 1.44. The van der Waals surface area contributed by atoms with Crippen LogP contribution in [0, 0.1) is 0 Å². The summed E-state index contributed by atoms with van der Waals surface area (Å²) in [6.07, 6.45) is 0. The van der Waals surface area contributed by atoms with Gasteiger partial charge in [-0.05, 0) is 29.6 Å². The summed E-state index contributed by atoms with van der Waals surface area (Å²) in [5.74, 6) is 0.272. The highest BCUT2D eigenvalue weighted by Crippen LogP contribution is 2.28. The van der Waals surface area contributed by atoms with E-state index in [0.29, 0.717) is 27.0 Å². The molecule has 0 aliphatic heterocycles. The molecule has 94 valence electrons.